The van der Waals surface area contributed by atoms with Crippen molar-refractivity contribution in [2.24, 2.45) is 5.73 Å². The fourth-order valence-electron chi connectivity index (χ4n) is 0.677. The molecule has 0 aromatic heterocycles. The Balaban J connectivity index is 3.29. The summed E-state index contributed by atoms with van der Waals surface area (Å²) in [5.41, 5.74) is 5.12. The van der Waals surface area contributed by atoms with Gasteiger partial charge in [-0.3, -0.25) is 4.79 Å². The molecule has 0 aliphatic heterocycles. The van der Waals surface area contributed by atoms with Crippen LogP contribution in [0.3, 0.4) is 0 Å². The molecule has 15 heavy (non-hydrogen) atoms. The number of carboxylic acid groups (broad SMARTS) is 1. The molecule has 0 heterocycles. The minimum Gasteiger partial charge on any atom is -0.480 e. The normalized spacial score (nSPS) is 13.9. The topological polar surface area (TPSA) is 84.6 Å². The van der Waals surface area contributed by atoms with E-state index >= 15 is 0 Å². The van der Waals surface area contributed by atoms with Gasteiger partial charge in [-0.25, -0.2) is 0 Å². The number of carboxylic acids is 1. The highest BCUT2D eigenvalue weighted by Crippen LogP contribution is 2.13. The second-order valence-corrected chi connectivity index (χ2v) is 2.82. The van der Waals surface area contributed by atoms with Crippen LogP contribution in [0.2, 0.25) is 0 Å². The monoisotopic (exact) mass is 230 g/mol. The lowest BCUT2D eigenvalue weighted by atomic mass is 10.3. The molecule has 0 fully saturated rings. The first-order valence-electron chi connectivity index (χ1n) is 4.16. The van der Waals surface area contributed by atoms with Crippen LogP contribution in [-0.4, -0.2) is 49.6 Å². The predicted octanol–water partition coefficient (Wildman–Crippen LogP) is -0.433. The molecule has 0 spiro atoms. The van der Waals surface area contributed by atoms with Gasteiger partial charge in [0.2, 0.25) is 0 Å². The van der Waals surface area contributed by atoms with Crippen molar-refractivity contribution in [2.45, 2.75) is 12.2 Å². The van der Waals surface area contributed by atoms with E-state index in [1.807, 2.05) is 0 Å². The number of rotatable bonds is 7. The van der Waals surface area contributed by atoms with E-state index in [0.717, 1.165) is 0 Å². The van der Waals surface area contributed by atoms with Crippen LogP contribution < -0.4 is 11.1 Å². The van der Waals surface area contributed by atoms with Crippen LogP contribution in [0.1, 0.15) is 0 Å². The number of carbonyl (C=O) groups is 1. The van der Waals surface area contributed by atoms with Gasteiger partial charge in [0.1, 0.15) is 12.6 Å². The SMILES string of the molecule is NC(CNCCOCC(F)(F)F)C(=O)O. The van der Waals surface area contributed by atoms with Crippen molar-refractivity contribution in [3.63, 3.8) is 0 Å². The first-order valence-corrected chi connectivity index (χ1v) is 4.16. The van der Waals surface area contributed by atoms with E-state index in [1.165, 1.54) is 0 Å². The zero-order valence-corrected chi connectivity index (χ0v) is 7.88. The highest BCUT2D eigenvalue weighted by molar-refractivity contribution is 5.73. The lowest BCUT2D eigenvalue weighted by Gasteiger charge is -2.09. The molecule has 0 aliphatic rings. The smallest absolute Gasteiger partial charge is 0.411 e. The Morgan fingerprint density at radius 1 is 1.53 bits per heavy atom. The summed E-state index contributed by atoms with van der Waals surface area (Å²) < 4.78 is 38.9. The summed E-state index contributed by atoms with van der Waals surface area (Å²) in [6, 6.07) is -1.06. The number of halogens is 3. The minimum absolute atomic E-state index is 0.00922. The van der Waals surface area contributed by atoms with E-state index < -0.39 is 24.8 Å². The van der Waals surface area contributed by atoms with Gasteiger partial charge in [0.25, 0.3) is 0 Å². The van der Waals surface area contributed by atoms with E-state index in [1.54, 1.807) is 0 Å². The number of nitrogens with one attached hydrogen (secondary N) is 1. The van der Waals surface area contributed by atoms with E-state index in [-0.39, 0.29) is 19.7 Å². The third-order valence-corrected chi connectivity index (χ3v) is 1.37. The average molecular weight is 230 g/mol. The van der Waals surface area contributed by atoms with Crippen LogP contribution in [0.15, 0.2) is 0 Å². The maximum absolute atomic E-state index is 11.6. The molecule has 1 atom stereocenters. The number of alkyl halides is 3. The van der Waals surface area contributed by atoms with Gasteiger partial charge in [0.15, 0.2) is 0 Å². The summed E-state index contributed by atoms with van der Waals surface area (Å²) >= 11 is 0. The van der Waals surface area contributed by atoms with Gasteiger partial charge >= 0.3 is 12.1 Å². The van der Waals surface area contributed by atoms with Gasteiger partial charge in [-0.2, -0.15) is 13.2 Å². The van der Waals surface area contributed by atoms with Crippen LogP contribution in [0.25, 0.3) is 0 Å². The molecule has 8 heteroatoms. The molecule has 1 unspecified atom stereocenters. The highest BCUT2D eigenvalue weighted by Gasteiger charge is 2.27. The first-order chi connectivity index (χ1) is 6.83. The van der Waals surface area contributed by atoms with Crippen molar-refractivity contribution in [1.82, 2.24) is 5.32 Å². The van der Waals surface area contributed by atoms with Crippen molar-refractivity contribution >= 4 is 5.97 Å². The third-order valence-electron chi connectivity index (χ3n) is 1.37. The number of nitrogens with two attached hydrogens (primary N) is 1. The van der Waals surface area contributed by atoms with E-state index in [2.05, 4.69) is 10.1 Å². The van der Waals surface area contributed by atoms with Crippen LogP contribution in [0.4, 0.5) is 13.2 Å². The van der Waals surface area contributed by atoms with Crippen molar-refractivity contribution < 1.29 is 27.8 Å². The molecule has 0 aromatic rings. The zero-order chi connectivity index (χ0) is 11.9. The number of hydrogen-bond donors (Lipinski definition) is 3. The van der Waals surface area contributed by atoms with Crippen molar-refractivity contribution in [1.29, 1.82) is 0 Å². The van der Waals surface area contributed by atoms with Gasteiger partial charge in [0.05, 0.1) is 6.61 Å². The van der Waals surface area contributed by atoms with Gasteiger partial charge in [-0.1, -0.05) is 0 Å². The van der Waals surface area contributed by atoms with Crippen molar-refractivity contribution in [3.05, 3.63) is 0 Å². The maximum Gasteiger partial charge on any atom is 0.411 e. The quantitative estimate of drug-likeness (QED) is 0.517. The van der Waals surface area contributed by atoms with Crippen LogP contribution in [-0.2, 0) is 9.53 Å². The average Bonchev–Trinajstić information content (AvgIpc) is 2.08. The third kappa shape index (κ3) is 9.44. The molecule has 0 radical (unpaired) electrons. The summed E-state index contributed by atoms with van der Waals surface area (Å²) in [6.45, 7) is -1.34. The van der Waals surface area contributed by atoms with Crippen molar-refractivity contribution in [2.75, 3.05) is 26.3 Å². The molecule has 0 aliphatic carbocycles. The van der Waals surface area contributed by atoms with Crippen LogP contribution in [0.5, 0.6) is 0 Å². The highest BCUT2D eigenvalue weighted by atomic mass is 19.4. The Kier molecular flexibility index (Phi) is 6.21. The molecule has 0 rings (SSSR count). The molecule has 0 saturated carbocycles. The maximum atomic E-state index is 11.6. The summed E-state index contributed by atoms with van der Waals surface area (Å²) in [6.07, 6.45) is -4.34. The largest absolute Gasteiger partial charge is 0.480 e. The van der Waals surface area contributed by atoms with Gasteiger partial charge in [-0.15, -0.1) is 0 Å². The van der Waals surface area contributed by atoms with Gasteiger partial charge < -0.3 is 20.9 Å². The second kappa shape index (κ2) is 6.59. The summed E-state index contributed by atoms with van der Waals surface area (Å²) in [5, 5.41) is 10.9. The fraction of sp³-hybridized carbons (Fsp3) is 0.857. The molecular formula is C7H13F3N2O3. The summed E-state index contributed by atoms with van der Waals surface area (Å²) in [5.74, 6) is -1.17. The van der Waals surface area contributed by atoms with Crippen molar-refractivity contribution in [3.8, 4) is 0 Å². The molecule has 5 nitrogen and oxygen atoms in total. The predicted molar refractivity (Wildman–Crippen MR) is 45.4 cm³/mol. The second-order valence-electron chi connectivity index (χ2n) is 2.82. The Hall–Kier alpha value is -0.860. The van der Waals surface area contributed by atoms with E-state index in [9.17, 15) is 18.0 Å². The summed E-state index contributed by atoms with van der Waals surface area (Å²) in [4.78, 5) is 10.2. The van der Waals surface area contributed by atoms with Gasteiger partial charge in [0, 0.05) is 13.1 Å². The van der Waals surface area contributed by atoms with E-state index in [4.69, 9.17) is 10.8 Å². The Morgan fingerprint density at radius 3 is 2.60 bits per heavy atom. The van der Waals surface area contributed by atoms with Crippen LogP contribution in [0, 0.1) is 0 Å². The fourth-order valence-corrected chi connectivity index (χ4v) is 0.677. The lowest BCUT2D eigenvalue weighted by Crippen LogP contribution is -2.41. The number of ether oxygens (including phenoxy) is 1. The molecule has 4 N–H and O–H groups in total. The number of aliphatic carboxylic acids is 1. The van der Waals surface area contributed by atoms with Gasteiger partial charge in [-0.05, 0) is 0 Å². The van der Waals surface area contributed by atoms with E-state index in [0.29, 0.717) is 0 Å². The molecule has 0 amide bonds. The standard InChI is InChI=1S/C7H13F3N2O3/c8-7(9,10)4-15-2-1-12-3-5(11)6(13)14/h5,12H,1-4,11H2,(H,13,14). The molecule has 0 aromatic carbocycles. The Labute approximate surface area is 84.4 Å². The zero-order valence-electron chi connectivity index (χ0n) is 7.88. The number of hydrogen-bond acceptors (Lipinski definition) is 4. The Bertz CT molecular complexity index is 198. The molecular weight excluding hydrogens is 217 g/mol. The summed E-state index contributed by atoms with van der Waals surface area (Å²) in [7, 11) is 0. The molecule has 0 bridgehead atoms. The first kappa shape index (κ1) is 14.1. The Morgan fingerprint density at radius 2 is 2.13 bits per heavy atom. The molecule has 0 saturated heterocycles. The van der Waals surface area contributed by atoms with Crippen LogP contribution >= 0.6 is 0 Å². The molecule has 90 valence electrons. The lowest BCUT2D eigenvalue weighted by molar-refractivity contribution is -0.173. The minimum atomic E-state index is -4.34.